The number of benzene rings is 11. The van der Waals surface area contributed by atoms with Crippen LogP contribution < -0.4 is 25.6 Å². The average molecular weight is 871 g/mol. The lowest BCUT2D eigenvalue weighted by molar-refractivity contribution is 1.18. The third-order valence-electron chi connectivity index (χ3n) is 13.5. The third-order valence-corrected chi connectivity index (χ3v) is 18.3. The molecule has 11 aromatic carbocycles. The Bertz CT molecular complexity index is 3580. The highest BCUT2D eigenvalue weighted by molar-refractivity contribution is 7.19. The Balaban J connectivity index is 1.07. The fourth-order valence-electron chi connectivity index (χ4n) is 10.5. The molecule has 0 bridgehead atoms. The Hall–Kier alpha value is -8.50. The van der Waals surface area contributed by atoms with Gasteiger partial charge in [0.25, 0.3) is 0 Å². The van der Waals surface area contributed by atoms with Crippen LogP contribution in [-0.4, -0.2) is 12.6 Å². The largest absolute Gasteiger partial charge is 0.310 e. The Morgan fingerprint density at radius 1 is 0.299 bits per heavy atom. The van der Waals surface area contributed by atoms with Crippen molar-refractivity contribution in [1.29, 1.82) is 0 Å². The summed E-state index contributed by atoms with van der Waals surface area (Å²) in [7, 11) is -2.85. The highest BCUT2D eigenvalue weighted by Gasteiger charge is 2.41. The van der Waals surface area contributed by atoms with Gasteiger partial charge in [0.1, 0.15) is 0 Å². The van der Waals surface area contributed by atoms with Crippen molar-refractivity contribution in [1.82, 2.24) is 4.57 Å². The van der Waals surface area contributed by atoms with Gasteiger partial charge in [-0.25, -0.2) is 0 Å². The Kier molecular flexibility index (Phi) is 10.2. The van der Waals surface area contributed by atoms with Crippen molar-refractivity contribution in [2.45, 2.75) is 0 Å². The standard InChI is InChI=1S/C64H46N2Si/c1-5-24-53(25-6-1)66-61-35-16-15-34-60(61)64-62(36-19-37-63(64)66)65(54-42-40-48(41-43-54)50-22-17-23-51(44-50)52-39-38-47-20-13-14-21-49(47)45-52)55-26-18-33-59(46-55)67(56-27-7-2-8-28-56,57-29-9-3-10-30-57)58-31-11-4-12-32-58/h1-46H. The van der Waals surface area contributed by atoms with Gasteiger partial charge in [-0.05, 0) is 121 Å². The zero-order chi connectivity index (χ0) is 44.6. The first-order chi connectivity index (χ1) is 33.2. The van der Waals surface area contributed by atoms with Gasteiger partial charge in [-0.3, -0.25) is 0 Å². The van der Waals surface area contributed by atoms with E-state index in [0.717, 1.165) is 28.3 Å². The Morgan fingerprint density at radius 3 is 1.49 bits per heavy atom. The molecule has 0 amide bonds. The predicted octanol–water partition coefficient (Wildman–Crippen LogP) is 14.1. The molecule has 0 fully saturated rings. The van der Waals surface area contributed by atoms with E-state index in [4.69, 9.17) is 0 Å². The molecule has 0 aliphatic carbocycles. The lowest BCUT2D eigenvalue weighted by Gasteiger charge is -2.35. The van der Waals surface area contributed by atoms with Gasteiger partial charge in [0.05, 0.1) is 16.7 Å². The van der Waals surface area contributed by atoms with Crippen LogP contribution in [0.2, 0.25) is 0 Å². The number of fused-ring (bicyclic) bond motifs is 4. The molecular weight excluding hydrogens is 825 g/mol. The molecule has 0 atom stereocenters. The maximum absolute atomic E-state index is 2.85. The fourth-order valence-corrected chi connectivity index (χ4v) is 15.3. The second-order valence-corrected chi connectivity index (χ2v) is 21.1. The zero-order valence-electron chi connectivity index (χ0n) is 37.0. The SMILES string of the molecule is c1ccc(-n2c3ccccc3c3c(N(c4ccc(-c5cccc(-c6ccc7ccccc7c6)c5)cc4)c4cccc([Si](c5ccccc5)(c5ccccc5)c5ccccc5)c4)cccc32)cc1. The summed E-state index contributed by atoms with van der Waals surface area (Å²) >= 11 is 0. The molecule has 2 nitrogen and oxygen atoms in total. The monoisotopic (exact) mass is 870 g/mol. The van der Waals surface area contributed by atoms with Gasteiger partial charge in [-0.2, -0.15) is 0 Å². The smallest absolute Gasteiger partial charge is 0.179 e. The normalized spacial score (nSPS) is 11.6. The van der Waals surface area contributed by atoms with Crippen LogP contribution in [0.4, 0.5) is 17.1 Å². The molecule has 0 radical (unpaired) electrons. The van der Waals surface area contributed by atoms with Crippen molar-refractivity contribution in [2.24, 2.45) is 0 Å². The molecule has 0 aliphatic rings. The van der Waals surface area contributed by atoms with Crippen LogP contribution in [0.15, 0.2) is 279 Å². The first-order valence-electron chi connectivity index (χ1n) is 23.1. The average Bonchev–Trinajstić information content (AvgIpc) is 3.75. The van der Waals surface area contributed by atoms with E-state index in [9.17, 15) is 0 Å². The fraction of sp³-hybridized carbons (Fsp3) is 0. The van der Waals surface area contributed by atoms with Gasteiger partial charge in [0.2, 0.25) is 0 Å². The lowest BCUT2D eigenvalue weighted by atomic mass is 9.97. The highest BCUT2D eigenvalue weighted by atomic mass is 28.3. The van der Waals surface area contributed by atoms with Gasteiger partial charge in [-0.15, -0.1) is 0 Å². The minimum atomic E-state index is -2.85. The van der Waals surface area contributed by atoms with Gasteiger partial charge < -0.3 is 9.47 Å². The topological polar surface area (TPSA) is 8.17 Å². The maximum atomic E-state index is 2.49. The first kappa shape index (κ1) is 40.0. The summed E-state index contributed by atoms with van der Waals surface area (Å²) in [5.41, 5.74) is 11.6. The summed E-state index contributed by atoms with van der Waals surface area (Å²) in [5, 5.41) is 10.3. The molecule has 0 unspecified atom stereocenters. The number of nitrogens with zero attached hydrogens (tertiary/aromatic N) is 2. The van der Waals surface area contributed by atoms with E-state index >= 15 is 0 Å². The zero-order valence-corrected chi connectivity index (χ0v) is 38.0. The summed E-state index contributed by atoms with van der Waals surface area (Å²) < 4.78 is 2.41. The van der Waals surface area contributed by atoms with E-state index in [1.54, 1.807) is 0 Å². The van der Waals surface area contributed by atoms with Gasteiger partial charge >= 0.3 is 0 Å². The molecule has 316 valence electrons. The lowest BCUT2D eigenvalue weighted by Crippen LogP contribution is -2.74. The molecule has 0 saturated carbocycles. The first-order valence-corrected chi connectivity index (χ1v) is 25.1. The van der Waals surface area contributed by atoms with Crippen LogP contribution in [0.1, 0.15) is 0 Å². The van der Waals surface area contributed by atoms with Crippen molar-refractivity contribution in [3.8, 4) is 27.9 Å². The van der Waals surface area contributed by atoms with Crippen LogP contribution in [0, 0.1) is 0 Å². The molecular formula is C64H46N2Si. The summed E-state index contributed by atoms with van der Waals surface area (Å²) in [4.78, 5) is 2.49. The van der Waals surface area contributed by atoms with Crippen molar-refractivity contribution < 1.29 is 0 Å². The second kappa shape index (κ2) is 17.1. The Morgan fingerprint density at radius 2 is 0.806 bits per heavy atom. The van der Waals surface area contributed by atoms with E-state index in [2.05, 4.69) is 289 Å². The molecule has 0 N–H and O–H groups in total. The number of rotatable bonds is 10. The number of hydrogen-bond acceptors (Lipinski definition) is 1. The molecule has 3 heteroatoms. The molecule has 12 aromatic rings. The number of hydrogen-bond donors (Lipinski definition) is 0. The molecule has 0 spiro atoms. The summed E-state index contributed by atoms with van der Waals surface area (Å²) in [6.07, 6.45) is 0. The van der Waals surface area contributed by atoms with E-state index in [1.807, 2.05) is 0 Å². The van der Waals surface area contributed by atoms with E-state index in [0.29, 0.717) is 0 Å². The van der Waals surface area contributed by atoms with Gasteiger partial charge in [-0.1, -0.05) is 212 Å². The van der Waals surface area contributed by atoms with Gasteiger partial charge in [0, 0.05) is 27.8 Å². The van der Waals surface area contributed by atoms with Crippen molar-refractivity contribution >= 4 is 78.5 Å². The summed E-state index contributed by atoms with van der Waals surface area (Å²) in [5.74, 6) is 0. The van der Waals surface area contributed by atoms with E-state index in [1.165, 1.54) is 70.1 Å². The van der Waals surface area contributed by atoms with Gasteiger partial charge in [0.15, 0.2) is 8.07 Å². The summed E-state index contributed by atoms with van der Waals surface area (Å²) in [6.45, 7) is 0. The molecule has 12 rings (SSSR count). The van der Waals surface area contributed by atoms with Crippen LogP contribution in [0.25, 0.3) is 60.5 Å². The number of para-hydroxylation sites is 2. The molecule has 1 heterocycles. The minimum absolute atomic E-state index is 1.09. The van der Waals surface area contributed by atoms with Crippen LogP contribution in [0.5, 0.6) is 0 Å². The van der Waals surface area contributed by atoms with E-state index in [-0.39, 0.29) is 0 Å². The molecule has 67 heavy (non-hydrogen) atoms. The maximum Gasteiger partial charge on any atom is 0.179 e. The quantitative estimate of drug-likeness (QED) is 0.0982. The predicted molar refractivity (Wildman–Crippen MR) is 287 cm³/mol. The second-order valence-electron chi connectivity index (χ2n) is 17.3. The number of aromatic nitrogens is 1. The molecule has 0 aliphatic heterocycles. The van der Waals surface area contributed by atoms with Crippen molar-refractivity contribution in [3.63, 3.8) is 0 Å². The third kappa shape index (κ3) is 7.05. The van der Waals surface area contributed by atoms with Crippen molar-refractivity contribution in [2.75, 3.05) is 4.90 Å². The number of anilines is 3. The van der Waals surface area contributed by atoms with Crippen LogP contribution in [-0.2, 0) is 0 Å². The Labute approximate surface area is 392 Å². The minimum Gasteiger partial charge on any atom is -0.310 e. The van der Waals surface area contributed by atoms with E-state index < -0.39 is 8.07 Å². The van der Waals surface area contributed by atoms with Crippen molar-refractivity contribution in [3.05, 3.63) is 279 Å². The highest BCUT2D eigenvalue weighted by Crippen LogP contribution is 2.44. The summed E-state index contributed by atoms with van der Waals surface area (Å²) in [6, 6.07) is 103. The molecule has 1 aromatic heterocycles. The van der Waals surface area contributed by atoms with Crippen LogP contribution in [0.3, 0.4) is 0 Å². The molecule has 0 saturated heterocycles. The van der Waals surface area contributed by atoms with Crippen LogP contribution >= 0.6 is 0 Å².